The zero-order valence-corrected chi connectivity index (χ0v) is 30.0. The normalized spacial score (nSPS) is 14.8. The van der Waals surface area contributed by atoms with Gasteiger partial charge in [-0.3, -0.25) is 0 Å². The second-order valence-corrected chi connectivity index (χ2v) is 14.9. The minimum Gasteiger partial charge on any atom is -0.373 e. The van der Waals surface area contributed by atoms with E-state index in [9.17, 15) is 0 Å². The second kappa shape index (κ2) is 12.4. The summed E-state index contributed by atoms with van der Waals surface area (Å²) in [6.45, 7) is 0. The van der Waals surface area contributed by atoms with Gasteiger partial charge < -0.3 is 9.88 Å². The molecule has 1 atom stereocenters. The Hall–Kier alpha value is -6.82. The van der Waals surface area contributed by atoms with Crippen molar-refractivity contribution < 1.29 is 0 Å². The zero-order valence-electron chi connectivity index (χ0n) is 29.1. The Morgan fingerprint density at radius 1 is 0.537 bits per heavy atom. The third-order valence-electron chi connectivity index (χ3n) is 10.6. The molecule has 6 aromatic carbocycles. The predicted octanol–water partition coefficient (Wildman–Crippen LogP) is 10.2. The van der Waals surface area contributed by atoms with E-state index in [1.807, 2.05) is 17.4 Å². The van der Waals surface area contributed by atoms with Crippen LogP contribution in [0, 0.1) is 0 Å². The van der Waals surface area contributed by atoms with Crippen molar-refractivity contribution in [3.63, 3.8) is 0 Å². The summed E-state index contributed by atoms with van der Waals surface area (Å²) < 4.78 is 4.88. The van der Waals surface area contributed by atoms with Crippen molar-refractivity contribution in [2.75, 3.05) is 0 Å². The standard InChI is InChI=1S/C49H32N4S/c1-3-14-31(15-4-1)41-30-42(52-49(51-41)34-18-13-19-35(28-34)53-43-24-11-8-20-36(43)37-21-9-12-25-44(37)53)33-26-27-45-39(29-33)46-38-22-7-10-23-40(38)50-47(48(46)54-45)32-16-5-2-6-17-32/h1-30,40,50H. The van der Waals surface area contributed by atoms with Crippen LogP contribution in [0.4, 0.5) is 0 Å². The van der Waals surface area contributed by atoms with Gasteiger partial charge in [0.1, 0.15) is 0 Å². The maximum Gasteiger partial charge on any atom is 0.160 e. The molecule has 0 saturated carbocycles. The molecule has 1 aliphatic carbocycles. The molecule has 3 aromatic heterocycles. The van der Waals surface area contributed by atoms with Gasteiger partial charge in [-0.2, -0.15) is 0 Å². The monoisotopic (exact) mass is 708 g/mol. The van der Waals surface area contributed by atoms with Crippen molar-refractivity contribution in [1.82, 2.24) is 19.9 Å². The highest BCUT2D eigenvalue weighted by molar-refractivity contribution is 7.17. The van der Waals surface area contributed by atoms with E-state index in [1.54, 1.807) is 0 Å². The molecule has 5 heteroatoms. The molecule has 9 aromatic rings. The van der Waals surface area contributed by atoms with Crippen LogP contribution in [0.15, 0.2) is 182 Å². The van der Waals surface area contributed by atoms with Gasteiger partial charge in [0.15, 0.2) is 5.82 Å². The first-order valence-corrected chi connectivity index (χ1v) is 19.1. The molecular weight excluding hydrogens is 677 g/mol. The summed E-state index contributed by atoms with van der Waals surface area (Å²) in [5.41, 5.74) is 12.0. The Labute approximate surface area is 316 Å². The molecule has 1 aliphatic heterocycles. The minimum absolute atomic E-state index is 0.108. The highest BCUT2D eigenvalue weighted by Gasteiger charge is 2.23. The Morgan fingerprint density at radius 2 is 1.20 bits per heavy atom. The van der Waals surface area contributed by atoms with E-state index < -0.39 is 0 Å². The second-order valence-electron chi connectivity index (χ2n) is 13.8. The number of hydrogen-bond donors (Lipinski definition) is 1. The number of thiophene rings is 1. The van der Waals surface area contributed by atoms with Gasteiger partial charge in [-0.05, 0) is 53.6 Å². The minimum atomic E-state index is 0.108. The van der Waals surface area contributed by atoms with Crippen LogP contribution in [0.2, 0.25) is 0 Å². The number of rotatable bonds is 5. The predicted molar refractivity (Wildman–Crippen MR) is 225 cm³/mol. The fourth-order valence-electron chi connectivity index (χ4n) is 8.13. The number of para-hydroxylation sites is 2. The van der Waals surface area contributed by atoms with Crippen LogP contribution < -0.4 is 15.1 Å². The quantitative estimate of drug-likeness (QED) is 0.194. The third kappa shape index (κ3) is 4.97. The third-order valence-corrected chi connectivity index (χ3v) is 11.8. The van der Waals surface area contributed by atoms with Crippen LogP contribution in [0.25, 0.3) is 82.8 Å². The number of aromatic nitrogens is 3. The van der Waals surface area contributed by atoms with Gasteiger partial charge in [0.2, 0.25) is 0 Å². The maximum atomic E-state index is 5.33. The van der Waals surface area contributed by atoms with Gasteiger partial charge >= 0.3 is 0 Å². The average Bonchev–Trinajstić information content (AvgIpc) is 3.80. The van der Waals surface area contributed by atoms with E-state index in [1.165, 1.54) is 58.5 Å². The summed E-state index contributed by atoms with van der Waals surface area (Å²) >= 11 is 1.85. The average molecular weight is 709 g/mol. The molecule has 0 amide bonds. The molecule has 0 fully saturated rings. The number of hydrogen-bond acceptors (Lipinski definition) is 4. The Balaban J connectivity index is 1.12. The summed E-state index contributed by atoms with van der Waals surface area (Å²) in [4.78, 5) is 10.5. The van der Waals surface area contributed by atoms with E-state index in [0.717, 1.165) is 33.8 Å². The molecule has 0 radical (unpaired) electrons. The number of nitrogens with zero attached hydrogens (tertiary/aromatic N) is 3. The lowest BCUT2D eigenvalue weighted by atomic mass is 9.93. The summed E-state index contributed by atoms with van der Waals surface area (Å²) in [6, 6.07) is 56.1. The first kappa shape index (κ1) is 30.8. The van der Waals surface area contributed by atoms with Crippen molar-refractivity contribution in [3.05, 3.63) is 197 Å². The van der Waals surface area contributed by atoms with Crippen LogP contribution >= 0.6 is 11.3 Å². The lowest BCUT2D eigenvalue weighted by Gasteiger charge is -2.25. The van der Waals surface area contributed by atoms with Crippen molar-refractivity contribution in [3.8, 4) is 39.6 Å². The van der Waals surface area contributed by atoms with Crippen molar-refractivity contribution in [2.45, 2.75) is 6.04 Å². The Kier molecular flexibility index (Phi) is 7.07. The molecule has 4 nitrogen and oxygen atoms in total. The Bertz CT molecular complexity index is 3080. The molecule has 0 bridgehead atoms. The topological polar surface area (TPSA) is 42.7 Å². The van der Waals surface area contributed by atoms with Gasteiger partial charge in [-0.25, -0.2) is 9.97 Å². The summed E-state index contributed by atoms with van der Waals surface area (Å²) in [7, 11) is 0. The first-order chi connectivity index (χ1) is 26.8. The van der Waals surface area contributed by atoms with Crippen LogP contribution in [0.5, 0.6) is 0 Å². The molecule has 254 valence electrons. The van der Waals surface area contributed by atoms with Gasteiger partial charge in [-0.1, -0.05) is 140 Å². The fraction of sp³-hybridized carbons (Fsp3) is 0.0204. The van der Waals surface area contributed by atoms with Gasteiger partial charge in [0, 0.05) is 48.5 Å². The molecule has 1 N–H and O–H groups in total. The van der Waals surface area contributed by atoms with Gasteiger partial charge in [0.25, 0.3) is 0 Å². The van der Waals surface area contributed by atoms with Crippen molar-refractivity contribution >= 4 is 54.5 Å². The van der Waals surface area contributed by atoms with Gasteiger partial charge in [-0.15, -0.1) is 11.3 Å². The zero-order chi connectivity index (χ0) is 35.6. The van der Waals surface area contributed by atoms with Crippen LogP contribution in [0.1, 0.15) is 5.56 Å². The highest BCUT2D eigenvalue weighted by Crippen LogP contribution is 2.35. The maximum absolute atomic E-state index is 5.33. The number of nitrogens with one attached hydrogen (secondary N) is 1. The molecule has 0 saturated heterocycles. The molecular formula is C49H32N4S. The molecule has 54 heavy (non-hydrogen) atoms. The molecule has 2 aliphatic rings. The SMILES string of the molecule is C1=CC2=c3c(sc4ccc(-c5cc(-c6ccccc6)nc(-c6cccc(-n7c8ccccc8c8ccccc87)c6)n5)cc34)=C(c3ccccc3)NC2C=C1. The van der Waals surface area contributed by atoms with E-state index in [4.69, 9.17) is 9.97 Å². The van der Waals surface area contributed by atoms with Crippen molar-refractivity contribution in [1.29, 1.82) is 0 Å². The van der Waals surface area contributed by atoms with Crippen LogP contribution in [-0.2, 0) is 0 Å². The molecule has 0 spiro atoms. The van der Waals surface area contributed by atoms with Crippen LogP contribution in [-0.4, -0.2) is 20.6 Å². The smallest absolute Gasteiger partial charge is 0.160 e. The van der Waals surface area contributed by atoms with Crippen LogP contribution in [0.3, 0.4) is 0 Å². The van der Waals surface area contributed by atoms with E-state index in [-0.39, 0.29) is 6.04 Å². The molecule has 4 heterocycles. The van der Waals surface area contributed by atoms with Gasteiger partial charge in [0.05, 0.1) is 38.7 Å². The lowest BCUT2D eigenvalue weighted by Crippen LogP contribution is -2.43. The summed E-state index contributed by atoms with van der Waals surface area (Å²) in [6.07, 6.45) is 8.80. The Morgan fingerprint density at radius 3 is 1.96 bits per heavy atom. The molecule has 11 rings (SSSR count). The fourth-order valence-corrected chi connectivity index (χ4v) is 9.37. The largest absolute Gasteiger partial charge is 0.373 e. The number of fused-ring (bicyclic) bond motifs is 7. The van der Waals surface area contributed by atoms with E-state index >= 15 is 0 Å². The van der Waals surface area contributed by atoms with E-state index in [0.29, 0.717) is 5.82 Å². The van der Waals surface area contributed by atoms with Crippen molar-refractivity contribution in [2.24, 2.45) is 0 Å². The number of benzene rings is 6. The summed E-state index contributed by atoms with van der Waals surface area (Å²) in [5, 5.41) is 8.88. The van der Waals surface area contributed by atoms with E-state index in [2.05, 4.69) is 186 Å². The molecule has 1 unspecified atom stereocenters. The highest BCUT2D eigenvalue weighted by atomic mass is 32.1. The number of allylic oxidation sites excluding steroid dienone is 2. The first-order valence-electron chi connectivity index (χ1n) is 18.3. The summed E-state index contributed by atoms with van der Waals surface area (Å²) in [5.74, 6) is 0.695. The lowest BCUT2D eigenvalue weighted by molar-refractivity contribution is 0.857.